The summed E-state index contributed by atoms with van der Waals surface area (Å²) in [5.74, 6) is -1.71. The molecule has 0 bridgehead atoms. The van der Waals surface area contributed by atoms with E-state index in [1.165, 1.54) is 6.92 Å². The SMILES string of the molecule is CCS(=O)(=O)c1cc(C(F)(F)F)ccc1CC(=O)O. The molecule has 19 heavy (non-hydrogen) atoms. The minimum Gasteiger partial charge on any atom is -0.481 e. The molecule has 0 spiro atoms. The van der Waals surface area contributed by atoms with Crippen molar-refractivity contribution in [2.45, 2.75) is 24.4 Å². The van der Waals surface area contributed by atoms with Gasteiger partial charge >= 0.3 is 12.1 Å². The Labute approximate surface area is 107 Å². The second kappa shape index (κ2) is 5.20. The third-order valence-corrected chi connectivity index (χ3v) is 4.26. The predicted octanol–water partition coefficient (Wildman–Crippen LogP) is 2.13. The molecule has 0 fully saturated rings. The van der Waals surface area contributed by atoms with Gasteiger partial charge in [0.05, 0.1) is 22.6 Å². The van der Waals surface area contributed by atoms with Crippen molar-refractivity contribution in [3.8, 4) is 0 Å². The Morgan fingerprint density at radius 3 is 2.32 bits per heavy atom. The Bertz CT molecular complexity index is 590. The van der Waals surface area contributed by atoms with E-state index in [9.17, 15) is 26.4 Å². The fourth-order valence-electron chi connectivity index (χ4n) is 1.48. The number of alkyl halides is 3. The predicted molar refractivity (Wildman–Crippen MR) is 60.5 cm³/mol. The van der Waals surface area contributed by atoms with Gasteiger partial charge in [0.15, 0.2) is 9.84 Å². The lowest BCUT2D eigenvalue weighted by Crippen LogP contribution is -2.13. The molecule has 0 unspecified atom stereocenters. The lowest BCUT2D eigenvalue weighted by atomic mass is 10.1. The first-order valence-electron chi connectivity index (χ1n) is 5.22. The average Bonchev–Trinajstić information content (AvgIpc) is 2.27. The monoisotopic (exact) mass is 296 g/mol. The molecule has 0 heterocycles. The number of halogens is 3. The molecular weight excluding hydrogens is 285 g/mol. The van der Waals surface area contributed by atoms with Crippen molar-refractivity contribution in [2.75, 3.05) is 5.75 Å². The quantitative estimate of drug-likeness (QED) is 0.924. The van der Waals surface area contributed by atoms with Gasteiger partial charge in [-0.2, -0.15) is 13.2 Å². The van der Waals surface area contributed by atoms with Crippen LogP contribution in [0.25, 0.3) is 0 Å². The van der Waals surface area contributed by atoms with Gasteiger partial charge in [-0.1, -0.05) is 13.0 Å². The molecule has 4 nitrogen and oxygen atoms in total. The largest absolute Gasteiger partial charge is 0.481 e. The number of carboxylic acids is 1. The minimum absolute atomic E-state index is 0.151. The highest BCUT2D eigenvalue weighted by atomic mass is 32.2. The lowest BCUT2D eigenvalue weighted by Gasteiger charge is -2.12. The number of hydrogen-bond acceptors (Lipinski definition) is 3. The van der Waals surface area contributed by atoms with E-state index in [0.717, 1.165) is 6.07 Å². The molecular formula is C11H11F3O4S. The summed E-state index contributed by atoms with van der Waals surface area (Å²) >= 11 is 0. The van der Waals surface area contributed by atoms with Crippen LogP contribution in [0.3, 0.4) is 0 Å². The molecule has 1 aromatic carbocycles. The van der Waals surface area contributed by atoms with Crippen LogP contribution in [0.2, 0.25) is 0 Å². The van der Waals surface area contributed by atoms with Crippen LogP contribution in [-0.2, 0) is 27.2 Å². The van der Waals surface area contributed by atoms with E-state index >= 15 is 0 Å². The summed E-state index contributed by atoms with van der Waals surface area (Å²) in [6.07, 6.45) is -5.33. The Hall–Kier alpha value is -1.57. The standard InChI is InChI=1S/C11H11F3O4S/c1-2-19(17,18)9-6-8(11(12,13)14)4-3-7(9)5-10(15)16/h3-4,6H,2,5H2,1H3,(H,15,16). The smallest absolute Gasteiger partial charge is 0.416 e. The number of carbonyl (C=O) groups is 1. The van der Waals surface area contributed by atoms with Crippen molar-refractivity contribution in [3.63, 3.8) is 0 Å². The van der Waals surface area contributed by atoms with Gasteiger partial charge in [0.25, 0.3) is 0 Å². The third-order valence-electron chi connectivity index (χ3n) is 2.45. The van der Waals surface area contributed by atoms with E-state index in [0.29, 0.717) is 12.1 Å². The Morgan fingerprint density at radius 2 is 1.89 bits per heavy atom. The molecule has 8 heteroatoms. The second-order valence-electron chi connectivity index (χ2n) is 3.79. The third kappa shape index (κ3) is 3.69. The van der Waals surface area contributed by atoms with Crippen LogP contribution in [0.4, 0.5) is 13.2 Å². The van der Waals surface area contributed by atoms with E-state index in [4.69, 9.17) is 5.11 Å². The van der Waals surface area contributed by atoms with Crippen LogP contribution in [0.5, 0.6) is 0 Å². The van der Waals surface area contributed by atoms with Crippen LogP contribution in [0.15, 0.2) is 23.1 Å². The summed E-state index contributed by atoms with van der Waals surface area (Å²) < 4.78 is 61.1. The van der Waals surface area contributed by atoms with Crippen LogP contribution >= 0.6 is 0 Å². The maximum absolute atomic E-state index is 12.5. The van der Waals surface area contributed by atoms with E-state index in [1.54, 1.807) is 0 Å². The van der Waals surface area contributed by atoms with Gasteiger partial charge in [0.2, 0.25) is 0 Å². The topological polar surface area (TPSA) is 71.4 Å². The molecule has 0 aromatic heterocycles. The fourth-order valence-corrected chi connectivity index (χ4v) is 2.64. The van der Waals surface area contributed by atoms with Crippen molar-refractivity contribution in [2.24, 2.45) is 0 Å². The highest BCUT2D eigenvalue weighted by Gasteiger charge is 2.32. The summed E-state index contributed by atoms with van der Waals surface area (Å²) in [5.41, 5.74) is -1.27. The molecule has 0 saturated heterocycles. The lowest BCUT2D eigenvalue weighted by molar-refractivity contribution is -0.137. The normalized spacial score (nSPS) is 12.4. The van der Waals surface area contributed by atoms with E-state index in [2.05, 4.69) is 0 Å². The molecule has 1 rings (SSSR count). The van der Waals surface area contributed by atoms with E-state index in [-0.39, 0.29) is 5.56 Å². The van der Waals surface area contributed by atoms with E-state index in [1.807, 2.05) is 0 Å². The zero-order chi connectivity index (χ0) is 14.8. The van der Waals surface area contributed by atoms with E-state index < -0.39 is 44.6 Å². The Balaban J connectivity index is 3.48. The van der Waals surface area contributed by atoms with Gasteiger partial charge in [0.1, 0.15) is 0 Å². The number of benzene rings is 1. The van der Waals surface area contributed by atoms with Crippen molar-refractivity contribution >= 4 is 15.8 Å². The molecule has 0 aliphatic carbocycles. The van der Waals surface area contributed by atoms with Crippen LogP contribution < -0.4 is 0 Å². The first kappa shape index (κ1) is 15.5. The molecule has 0 aliphatic rings. The van der Waals surface area contributed by atoms with Gasteiger partial charge in [-0.05, 0) is 17.7 Å². The van der Waals surface area contributed by atoms with Crippen LogP contribution in [0, 0.1) is 0 Å². The first-order valence-corrected chi connectivity index (χ1v) is 6.88. The van der Waals surface area contributed by atoms with Gasteiger partial charge in [-0.15, -0.1) is 0 Å². The van der Waals surface area contributed by atoms with Crippen LogP contribution in [0.1, 0.15) is 18.1 Å². The number of rotatable bonds is 4. The number of sulfone groups is 1. The maximum atomic E-state index is 12.5. The minimum atomic E-state index is -4.68. The van der Waals surface area contributed by atoms with Gasteiger partial charge in [-0.3, -0.25) is 4.79 Å². The average molecular weight is 296 g/mol. The summed E-state index contributed by atoms with van der Waals surface area (Å²) in [4.78, 5) is 10.0. The second-order valence-corrected chi connectivity index (χ2v) is 6.04. The molecule has 106 valence electrons. The molecule has 0 atom stereocenters. The molecule has 0 saturated carbocycles. The number of carboxylic acid groups (broad SMARTS) is 1. The molecule has 1 aromatic rings. The summed E-state index contributed by atoms with van der Waals surface area (Å²) in [6, 6.07) is 2.05. The highest BCUT2D eigenvalue weighted by molar-refractivity contribution is 7.91. The fraction of sp³-hybridized carbons (Fsp3) is 0.364. The first-order chi connectivity index (χ1) is 8.58. The summed E-state index contributed by atoms with van der Waals surface area (Å²) in [5, 5.41) is 8.64. The summed E-state index contributed by atoms with van der Waals surface area (Å²) in [7, 11) is -3.92. The van der Waals surface area contributed by atoms with Crippen molar-refractivity contribution < 1.29 is 31.5 Å². The van der Waals surface area contributed by atoms with Crippen molar-refractivity contribution in [3.05, 3.63) is 29.3 Å². The highest BCUT2D eigenvalue weighted by Crippen LogP contribution is 2.32. The van der Waals surface area contributed by atoms with Crippen molar-refractivity contribution in [1.29, 1.82) is 0 Å². The molecule has 0 amide bonds. The molecule has 1 N–H and O–H groups in total. The zero-order valence-corrected chi connectivity index (χ0v) is 10.7. The number of hydrogen-bond donors (Lipinski definition) is 1. The number of aliphatic carboxylic acids is 1. The van der Waals surface area contributed by atoms with Gasteiger partial charge < -0.3 is 5.11 Å². The van der Waals surface area contributed by atoms with Crippen LogP contribution in [-0.4, -0.2) is 25.2 Å². The zero-order valence-electron chi connectivity index (χ0n) is 9.86. The Morgan fingerprint density at radius 1 is 1.32 bits per heavy atom. The van der Waals surface area contributed by atoms with Gasteiger partial charge in [-0.25, -0.2) is 8.42 Å². The molecule has 0 radical (unpaired) electrons. The van der Waals surface area contributed by atoms with Crippen molar-refractivity contribution in [1.82, 2.24) is 0 Å². The van der Waals surface area contributed by atoms with Gasteiger partial charge in [0, 0.05) is 0 Å². The summed E-state index contributed by atoms with van der Waals surface area (Å²) in [6.45, 7) is 1.28. The molecule has 0 aliphatic heterocycles. The maximum Gasteiger partial charge on any atom is 0.416 e. The Kier molecular flexibility index (Phi) is 4.24.